The minimum Gasteiger partial charge on any atom is -0.376 e. The van der Waals surface area contributed by atoms with Crippen molar-refractivity contribution in [1.82, 2.24) is 0 Å². The highest BCUT2D eigenvalue weighted by Gasteiger charge is 2.49. The summed E-state index contributed by atoms with van der Waals surface area (Å²) in [6, 6.07) is 0. The van der Waals surface area contributed by atoms with Crippen LogP contribution in [0, 0.1) is 0 Å². The third-order valence-electron chi connectivity index (χ3n) is 2.77. The lowest BCUT2D eigenvalue weighted by Gasteiger charge is -2.42. The molecular weight excluding hydrogens is 352 g/mol. The molecule has 2 unspecified atom stereocenters. The summed E-state index contributed by atoms with van der Waals surface area (Å²) >= 11 is 0. The molecule has 1 aliphatic rings. The van der Waals surface area contributed by atoms with Crippen molar-refractivity contribution in [2.75, 3.05) is 20.8 Å². The summed E-state index contributed by atoms with van der Waals surface area (Å²) in [6.07, 6.45) is -7.22. The van der Waals surface area contributed by atoms with Gasteiger partial charge in [0, 0.05) is 14.2 Å². The molecule has 0 bridgehead atoms. The van der Waals surface area contributed by atoms with Crippen molar-refractivity contribution in [3.05, 3.63) is 0 Å². The maximum Gasteiger partial charge on any atom is 0.397 e. The summed E-state index contributed by atoms with van der Waals surface area (Å²) in [5.74, 6) is 0. The number of rotatable bonds is 7. The minimum absolute atomic E-state index is 0.743. The fraction of sp³-hybridized carbons (Fsp3) is 1.00. The summed E-state index contributed by atoms with van der Waals surface area (Å²) in [7, 11) is -7.39. The Kier molecular flexibility index (Phi) is 6.63. The van der Waals surface area contributed by atoms with Gasteiger partial charge in [0.05, 0.1) is 6.61 Å². The monoisotopic (exact) mass is 368 g/mol. The zero-order chi connectivity index (χ0) is 17.1. The van der Waals surface area contributed by atoms with E-state index in [4.69, 9.17) is 23.3 Å². The van der Waals surface area contributed by atoms with E-state index in [1.807, 2.05) is 0 Å². The van der Waals surface area contributed by atoms with Gasteiger partial charge in [-0.15, -0.1) is 0 Å². The van der Waals surface area contributed by atoms with Crippen molar-refractivity contribution >= 4 is 20.8 Å². The predicted octanol–water partition coefficient (Wildman–Crippen LogP) is -2.26. The molecule has 132 valence electrons. The number of aliphatic hydroxyl groups excluding tert-OH is 1. The lowest BCUT2D eigenvalue weighted by Crippen LogP contribution is -2.61. The van der Waals surface area contributed by atoms with E-state index in [-0.39, 0.29) is 0 Å². The molecule has 3 N–H and O–H groups in total. The van der Waals surface area contributed by atoms with E-state index < -0.39 is 58.1 Å². The van der Waals surface area contributed by atoms with E-state index in [1.54, 1.807) is 0 Å². The molecule has 0 spiro atoms. The third kappa shape index (κ3) is 5.65. The van der Waals surface area contributed by atoms with Gasteiger partial charge >= 0.3 is 20.8 Å². The van der Waals surface area contributed by atoms with Crippen LogP contribution in [0.1, 0.15) is 0 Å². The van der Waals surface area contributed by atoms with E-state index in [2.05, 4.69) is 8.37 Å². The van der Waals surface area contributed by atoms with Crippen LogP contribution in [0.2, 0.25) is 0 Å². The smallest absolute Gasteiger partial charge is 0.376 e. The van der Waals surface area contributed by atoms with Crippen LogP contribution >= 0.6 is 0 Å². The average molecular weight is 368 g/mol. The van der Waals surface area contributed by atoms with Gasteiger partial charge in [0.1, 0.15) is 18.3 Å². The Morgan fingerprint density at radius 2 is 1.50 bits per heavy atom. The van der Waals surface area contributed by atoms with Gasteiger partial charge in [-0.05, 0) is 0 Å². The van der Waals surface area contributed by atoms with Crippen LogP contribution in [0.15, 0.2) is 0 Å². The van der Waals surface area contributed by atoms with Crippen molar-refractivity contribution in [2.45, 2.75) is 30.7 Å². The largest absolute Gasteiger partial charge is 0.397 e. The van der Waals surface area contributed by atoms with Gasteiger partial charge in [-0.3, -0.25) is 9.11 Å². The Hall–Kier alpha value is -0.420. The molecule has 0 saturated carbocycles. The minimum atomic E-state index is -4.93. The zero-order valence-corrected chi connectivity index (χ0v) is 13.1. The first-order valence-electron chi connectivity index (χ1n) is 5.65. The number of ether oxygens (including phenoxy) is 3. The van der Waals surface area contributed by atoms with E-state index >= 15 is 0 Å². The highest BCUT2D eigenvalue weighted by molar-refractivity contribution is 7.81. The van der Waals surface area contributed by atoms with Crippen molar-refractivity contribution in [1.29, 1.82) is 0 Å². The first-order valence-corrected chi connectivity index (χ1v) is 8.38. The van der Waals surface area contributed by atoms with Crippen LogP contribution in [0.3, 0.4) is 0 Å². The normalized spacial score (nSPS) is 33.8. The van der Waals surface area contributed by atoms with Gasteiger partial charge < -0.3 is 19.3 Å². The number of hydrogen-bond acceptors (Lipinski definition) is 10. The zero-order valence-electron chi connectivity index (χ0n) is 11.4. The molecule has 1 fully saturated rings. The van der Waals surface area contributed by atoms with E-state index in [1.165, 1.54) is 7.11 Å². The molecule has 0 aromatic rings. The molecule has 0 amide bonds. The van der Waals surface area contributed by atoms with Crippen LogP contribution in [-0.2, 0) is 43.4 Å². The second-order valence-electron chi connectivity index (χ2n) is 4.17. The van der Waals surface area contributed by atoms with E-state index in [0.717, 1.165) is 7.11 Å². The SMILES string of the molecule is COC1C(OS(=O)(=O)O)[C@@H](O)O[C@@H](COS(=O)(=O)O)[C@H]1OC. The average Bonchev–Trinajstić information content (AvgIpc) is 2.36. The number of aliphatic hydroxyl groups is 1. The fourth-order valence-corrected chi connectivity index (χ4v) is 2.77. The van der Waals surface area contributed by atoms with Gasteiger partial charge in [0.2, 0.25) is 0 Å². The standard InChI is InChI=1S/C8H16O12S2/c1-16-5-4(3-18-21(10,11)12)19-8(9)7(6(5)17-2)20-22(13,14)15/h4-9H,3H2,1-2H3,(H,10,11,12)(H,13,14,15)/t4-,5+,6?,7?,8-/m0/s1. The molecule has 1 aliphatic heterocycles. The molecule has 22 heavy (non-hydrogen) atoms. The predicted molar refractivity (Wildman–Crippen MR) is 66.4 cm³/mol. The Morgan fingerprint density at radius 3 is 1.91 bits per heavy atom. The molecule has 1 heterocycles. The first kappa shape index (κ1) is 19.6. The maximum atomic E-state index is 10.8. The van der Waals surface area contributed by atoms with Crippen LogP contribution in [0.4, 0.5) is 0 Å². The second-order valence-corrected chi connectivity index (χ2v) is 6.31. The highest BCUT2D eigenvalue weighted by atomic mass is 32.3. The second kappa shape index (κ2) is 7.43. The Balaban J connectivity index is 2.95. The molecule has 0 aliphatic carbocycles. The fourth-order valence-electron chi connectivity index (χ4n) is 1.98. The number of hydrogen-bond donors (Lipinski definition) is 3. The van der Waals surface area contributed by atoms with Crippen molar-refractivity contribution in [3.63, 3.8) is 0 Å². The first-order chi connectivity index (χ1) is 9.98. The summed E-state index contributed by atoms with van der Waals surface area (Å²) in [5.41, 5.74) is 0. The van der Waals surface area contributed by atoms with Gasteiger partial charge in [-0.1, -0.05) is 0 Å². The van der Waals surface area contributed by atoms with Crippen molar-refractivity contribution in [2.24, 2.45) is 0 Å². The van der Waals surface area contributed by atoms with Crippen LogP contribution in [0.5, 0.6) is 0 Å². The molecule has 1 saturated heterocycles. The summed E-state index contributed by atoms with van der Waals surface area (Å²) in [5, 5.41) is 9.72. The van der Waals surface area contributed by atoms with Gasteiger partial charge in [0.25, 0.3) is 0 Å². The van der Waals surface area contributed by atoms with Gasteiger partial charge in [-0.25, -0.2) is 8.37 Å². The van der Waals surface area contributed by atoms with Crippen LogP contribution in [0.25, 0.3) is 0 Å². The summed E-state index contributed by atoms with van der Waals surface area (Å²) in [4.78, 5) is 0. The quantitative estimate of drug-likeness (QED) is 0.412. The van der Waals surface area contributed by atoms with Crippen molar-refractivity contribution in [3.8, 4) is 0 Å². The van der Waals surface area contributed by atoms with E-state index in [9.17, 15) is 21.9 Å². The molecule has 12 nitrogen and oxygen atoms in total. The number of methoxy groups -OCH3 is 2. The van der Waals surface area contributed by atoms with Crippen LogP contribution < -0.4 is 0 Å². The summed E-state index contributed by atoms with van der Waals surface area (Å²) < 4.78 is 83.1. The van der Waals surface area contributed by atoms with Crippen LogP contribution in [-0.4, -0.2) is 82.6 Å². The van der Waals surface area contributed by atoms with Gasteiger partial charge in [0.15, 0.2) is 12.4 Å². The van der Waals surface area contributed by atoms with Gasteiger partial charge in [-0.2, -0.15) is 16.8 Å². The Morgan fingerprint density at radius 1 is 0.955 bits per heavy atom. The molecular formula is C8H16O12S2. The highest BCUT2D eigenvalue weighted by Crippen LogP contribution is 2.27. The third-order valence-corrected chi connectivity index (χ3v) is 3.67. The lowest BCUT2D eigenvalue weighted by molar-refractivity contribution is -0.287. The lowest BCUT2D eigenvalue weighted by atomic mass is 9.99. The topological polar surface area (TPSA) is 175 Å². The molecule has 0 radical (unpaired) electrons. The Bertz CT molecular complexity index is 556. The Labute approximate surface area is 126 Å². The van der Waals surface area contributed by atoms with Crippen molar-refractivity contribution < 1.29 is 53.6 Å². The molecule has 14 heteroatoms. The maximum absolute atomic E-state index is 10.8. The summed E-state index contributed by atoms with van der Waals surface area (Å²) in [6.45, 7) is -0.743. The molecule has 0 aromatic heterocycles. The molecule has 1 rings (SSSR count). The molecule has 5 atom stereocenters. The van der Waals surface area contributed by atoms with E-state index in [0.29, 0.717) is 0 Å². The molecule has 0 aromatic carbocycles.